The summed E-state index contributed by atoms with van der Waals surface area (Å²) < 4.78 is 5.48. The van der Waals surface area contributed by atoms with Gasteiger partial charge in [0.2, 0.25) is 0 Å². The van der Waals surface area contributed by atoms with E-state index >= 15 is 0 Å². The van der Waals surface area contributed by atoms with Crippen molar-refractivity contribution in [2.75, 3.05) is 0 Å². The summed E-state index contributed by atoms with van der Waals surface area (Å²) >= 11 is 0. The molecule has 0 radical (unpaired) electrons. The van der Waals surface area contributed by atoms with Crippen molar-refractivity contribution in [1.29, 1.82) is 0 Å². The molecule has 0 aromatic carbocycles. The summed E-state index contributed by atoms with van der Waals surface area (Å²) in [6.45, 7) is 6.60. The van der Waals surface area contributed by atoms with Crippen molar-refractivity contribution in [3.63, 3.8) is 0 Å². The predicted octanol–water partition coefficient (Wildman–Crippen LogP) is 3.13. The van der Waals surface area contributed by atoms with E-state index in [2.05, 4.69) is 20.8 Å². The van der Waals surface area contributed by atoms with Crippen LogP contribution in [0, 0.1) is 0 Å². The van der Waals surface area contributed by atoms with Crippen molar-refractivity contribution in [2.24, 2.45) is 0 Å². The fourth-order valence-corrected chi connectivity index (χ4v) is 1.50. The van der Waals surface area contributed by atoms with E-state index in [1.54, 1.807) is 0 Å². The highest BCUT2D eigenvalue weighted by atomic mass is 16.6. The Morgan fingerprint density at radius 3 is 2.27 bits per heavy atom. The summed E-state index contributed by atoms with van der Waals surface area (Å²) in [5, 5.41) is 0. The Kier molecular flexibility index (Phi) is 2.94. The Morgan fingerprint density at radius 1 is 1.18 bits per heavy atom. The van der Waals surface area contributed by atoms with Crippen molar-refractivity contribution < 1.29 is 4.74 Å². The molecule has 0 aromatic rings. The van der Waals surface area contributed by atoms with Gasteiger partial charge >= 0.3 is 0 Å². The SMILES string of the molecule is CCCCCCC1OC1(C)C. The lowest BCUT2D eigenvalue weighted by Crippen LogP contribution is -2.02. The van der Waals surface area contributed by atoms with Crippen LogP contribution in [0.3, 0.4) is 0 Å². The summed E-state index contributed by atoms with van der Waals surface area (Å²) in [5.41, 5.74) is 0.214. The van der Waals surface area contributed by atoms with Crippen molar-refractivity contribution in [2.45, 2.75) is 64.6 Å². The fourth-order valence-electron chi connectivity index (χ4n) is 1.50. The molecule has 11 heavy (non-hydrogen) atoms. The minimum Gasteiger partial charge on any atom is -0.367 e. The van der Waals surface area contributed by atoms with Crippen molar-refractivity contribution in [3.05, 3.63) is 0 Å². The molecular formula is C10H20O. The summed E-state index contributed by atoms with van der Waals surface area (Å²) in [6, 6.07) is 0. The molecule has 0 aromatic heterocycles. The highest BCUT2D eigenvalue weighted by Gasteiger charge is 2.46. The summed E-state index contributed by atoms with van der Waals surface area (Å²) in [4.78, 5) is 0. The number of hydrogen-bond donors (Lipinski definition) is 0. The van der Waals surface area contributed by atoms with Gasteiger partial charge in [-0.05, 0) is 20.3 Å². The first-order valence-electron chi connectivity index (χ1n) is 4.84. The van der Waals surface area contributed by atoms with Crippen LogP contribution in [0.4, 0.5) is 0 Å². The number of unbranched alkanes of at least 4 members (excludes halogenated alkanes) is 3. The van der Waals surface area contributed by atoms with Crippen LogP contribution >= 0.6 is 0 Å². The number of rotatable bonds is 5. The molecule has 0 bridgehead atoms. The maximum absolute atomic E-state index is 5.48. The standard InChI is InChI=1S/C10H20O/c1-4-5-6-7-8-9-10(2,3)11-9/h9H,4-8H2,1-3H3. The van der Waals surface area contributed by atoms with E-state index in [0.717, 1.165) is 0 Å². The third-order valence-corrected chi connectivity index (χ3v) is 2.48. The molecule has 1 fully saturated rings. The molecule has 0 spiro atoms. The van der Waals surface area contributed by atoms with Crippen LogP contribution in [0.15, 0.2) is 0 Å². The Morgan fingerprint density at radius 2 is 1.82 bits per heavy atom. The lowest BCUT2D eigenvalue weighted by Gasteiger charge is -1.97. The van der Waals surface area contributed by atoms with Crippen LogP contribution in [-0.2, 0) is 4.74 Å². The molecule has 1 atom stereocenters. The normalized spacial score (nSPS) is 27.0. The first-order valence-corrected chi connectivity index (χ1v) is 4.84. The maximum atomic E-state index is 5.48. The van der Waals surface area contributed by atoms with Crippen LogP contribution < -0.4 is 0 Å². The fraction of sp³-hybridized carbons (Fsp3) is 1.00. The van der Waals surface area contributed by atoms with Gasteiger partial charge in [-0.1, -0.05) is 32.6 Å². The van der Waals surface area contributed by atoms with Crippen LogP contribution in [0.5, 0.6) is 0 Å². The zero-order chi connectivity index (χ0) is 8.32. The van der Waals surface area contributed by atoms with Gasteiger partial charge in [0.25, 0.3) is 0 Å². The van der Waals surface area contributed by atoms with Crippen LogP contribution in [0.2, 0.25) is 0 Å². The maximum Gasteiger partial charge on any atom is 0.0892 e. The molecular weight excluding hydrogens is 136 g/mol. The lowest BCUT2D eigenvalue weighted by molar-refractivity contribution is 0.318. The molecule has 1 unspecified atom stereocenters. The van der Waals surface area contributed by atoms with Crippen molar-refractivity contribution in [1.82, 2.24) is 0 Å². The zero-order valence-electron chi connectivity index (χ0n) is 8.02. The van der Waals surface area contributed by atoms with Gasteiger partial charge < -0.3 is 4.74 Å². The molecule has 1 nitrogen and oxygen atoms in total. The van der Waals surface area contributed by atoms with E-state index in [-0.39, 0.29) is 5.60 Å². The van der Waals surface area contributed by atoms with Crippen LogP contribution in [0.25, 0.3) is 0 Å². The second kappa shape index (κ2) is 3.57. The highest BCUT2D eigenvalue weighted by Crippen LogP contribution is 2.38. The number of hydrogen-bond acceptors (Lipinski definition) is 1. The number of epoxide rings is 1. The van der Waals surface area contributed by atoms with Crippen molar-refractivity contribution in [3.8, 4) is 0 Å². The minimum absolute atomic E-state index is 0.214. The predicted molar refractivity (Wildman–Crippen MR) is 47.7 cm³/mol. The molecule has 1 aliphatic heterocycles. The topological polar surface area (TPSA) is 12.5 Å². The molecule has 0 N–H and O–H groups in total. The van der Waals surface area contributed by atoms with Gasteiger partial charge in [0.15, 0.2) is 0 Å². The Balaban J connectivity index is 1.90. The molecule has 66 valence electrons. The molecule has 1 heteroatoms. The number of ether oxygens (including phenoxy) is 1. The first kappa shape index (κ1) is 9.05. The van der Waals surface area contributed by atoms with Crippen LogP contribution in [-0.4, -0.2) is 11.7 Å². The van der Waals surface area contributed by atoms with Gasteiger partial charge in [0.1, 0.15) is 0 Å². The average molecular weight is 156 g/mol. The van der Waals surface area contributed by atoms with E-state index in [4.69, 9.17) is 4.74 Å². The van der Waals surface area contributed by atoms with Gasteiger partial charge in [-0.15, -0.1) is 0 Å². The van der Waals surface area contributed by atoms with Gasteiger partial charge in [-0.3, -0.25) is 0 Å². The summed E-state index contributed by atoms with van der Waals surface area (Å²) in [5.74, 6) is 0. The quantitative estimate of drug-likeness (QED) is 0.440. The van der Waals surface area contributed by atoms with E-state index < -0.39 is 0 Å². The third-order valence-electron chi connectivity index (χ3n) is 2.48. The van der Waals surface area contributed by atoms with E-state index in [1.165, 1.54) is 32.1 Å². The van der Waals surface area contributed by atoms with Crippen LogP contribution in [0.1, 0.15) is 52.9 Å². The van der Waals surface area contributed by atoms with E-state index in [1.807, 2.05) is 0 Å². The van der Waals surface area contributed by atoms with Gasteiger partial charge in [0.05, 0.1) is 11.7 Å². The zero-order valence-corrected chi connectivity index (χ0v) is 8.02. The molecule has 1 aliphatic rings. The van der Waals surface area contributed by atoms with E-state index in [9.17, 15) is 0 Å². The second-order valence-corrected chi connectivity index (χ2v) is 4.06. The largest absolute Gasteiger partial charge is 0.367 e. The average Bonchev–Trinajstić information content (AvgIpc) is 2.52. The van der Waals surface area contributed by atoms with Gasteiger partial charge in [0, 0.05) is 0 Å². The monoisotopic (exact) mass is 156 g/mol. The highest BCUT2D eigenvalue weighted by molar-refractivity contribution is 4.94. The Bertz CT molecular complexity index is 118. The minimum atomic E-state index is 0.214. The molecule has 1 heterocycles. The Labute approximate surface area is 70.1 Å². The van der Waals surface area contributed by atoms with Gasteiger partial charge in [-0.25, -0.2) is 0 Å². The molecule has 1 rings (SSSR count). The summed E-state index contributed by atoms with van der Waals surface area (Å²) in [6.07, 6.45) is 7.28. The molecule has 0 aliphatic carbocycles. The molecule has 1 saturated heterocycles. The van der Waals surface area contributed by atoms with Crippen molar-refractivity contribution >= 4 is 0 Å². The molecule has 0 amide bonds. The summed E-state index contributed by atoms with van der Waals surface area (Å²) in [7, 11) is 0. The third kappa shape index (κ3) is 2.82. The Hall–Kier alpha value is -0.0400. The molecule has 0 saturated carbocycles. The van der Waals surface area contributed by atoms with E-state index in [0.29, 0.717) is 6.10 Å². The van der Waals surface area contributed by atoms with Gasteiger partial charge in [-0.2, -0.15) is 0 Å². The smallest absolute Gasteiger partial charge is 0.0892 e. The first-order chi connectivity index (χ1) is 5.17. The second-order valence-electron chi connectivity index (χ2n) is 4.06. The lowest BCUT2D eigenvalue weighted by atomic mass is 10.0.